The molecule has 6 nitrogen and oxygen atoms in total. The number of carbonyl (C=O) groups excluding carboxylic acids is 1. The molecule has 1 aromatic carbocycles. The van der Waals surface area contributed by atoms with Crippen LogP contribution in [-0.4, -0.2) is 54.2 Å². The molecule has 178 valence electrons. The lowest BCUT2D eigenvalue weighted by Crippen LogP contribution is -2.51. The molecule has 7 heteroatoms. The average molecular weight is 516 g/mol. The summed E-state index contributed by atoms with van der Waals surface area (Å²) in [7, 11) is 1.69. The zero-order valence-electron chi connectivity index (χ0n) is 19.9. The summed E-state index contributed by atoms with van der Waals surface area (Å²) in [6.45, 7) is 7.81. The SMILES string of the molecule is COCCOc1ccc(C(C)N2C3CCC2CC(NC(=O)c2cncc(Br)c2)C3)c(C)c1C. The minimum absolute atomic E-state index is 0.0368. The summed E-state index contributed by atoms with van der Waals surface area (Å²) >= 11 is 3.40. The van der Waals surface area contributed by atoms with Gasteiger partial charge in [-0.25, -0.2) is 0 Å². The topological polar surface area (TPSA) is 63.7 Å². The number of methoxy groups -OCH3 is 1. The van der Waals surface area contributed by atoms with E-state index < -0.39 is 0 Å². The fourth-order valence-corrected chi connectivity index (χ4v) is 5.95. The van der Waals surface area contributed by atoms with E-state index in [4.69, 9.17) is 9.47 Å². The number of carbonyl (C=O) groups is 1. The number of aromatic nitrogens is 1. The van der Waals surface area contributed by atoms with E-state index in [0.717, 1.165) is 23.1 Å². The Labute approximate surface area is 205 Å². The molecular weight excluding hydrogens is 482 g/mol. The maximum absolute atomic E-state index is 12.7. The second-order valence-electron chi connectivity index (χ2n) is 9.29. The number of hydrogen-bond donors (Lipinski definition) is 1. The first kappa shape index (κ1) is 24.2. The van der Waals surface area contributed by atoms with Crippen LogP contribution in [0, 0.1) is 13.8 Å². The van der Waals surface area contributed by atoms with E-state index in [-0.39, 0.29) is 11.9 Å². The van der Waals surface area contributed by atoms with Gasteiger partial charge in [-0.1, -0.05) is 6.07 Å². The van der Waals surface area contributed by atoms with E-state index in [1.165, 1.54) is 29.5 Å². The highest BCUT2D eigenvalue weighted by Gasteiger charge is 2.43. The van der Waals surface area contributed by atoms with Gasteiger partial charge in [-0.2, -0.15) is 0 Å². The van der Waals surface area contributed by atoms with Crippen LogP contribution in [0.15, 0.2) is 35.1 Å². The number of fused-ring (bicyclic) bond motifs is 2. The zero-order valence-corrected chi connectivity index (χ0v) is 21.5. The van der Waals surface area contributed by atoms with Crippen LogP contribution < -0.4 is 10.1 Å². The number of ether oxygens (including phenoxy) is 2. The maximum Gasteiger partial charge on any atom is 0.253 e. The van der Waals surface area contributed by atoms with Gasteiger partial charge >= 0.3 is 0 Å². The van der Waals surface area contributed by atoms with Crippen molar-refractivity contribution in [2.24, 2.45) is 0 Å². The quantitative estimate of drug-likeness (QED) is 0.502. The highest BCUT2D eigenvalue weighted by atomic mass is 79.9. The number of amides is 1. The first-order chi connectivity index (χ1) is 15.9. The smallest absolute Gasteiger partial charge is 0.253 e. The first-order valence-electron chi connectivity index (χ1n) is 11.8. The molecule has 0 spiro atoms. The Bertz CT molecular complexity index is 985. The minimum atomic E-state index is -0.0368. The minimum Gasteiger partial charge on any atom is -0.491 e. The highest BCUT2D eigenvalue weighted by Crippen LogP contribution is 2.43. The third-order valence-corrected chi connectivity index (χ3v) is 7.75. The first-order valence-corrected chi connectivity index (χ1v) is 12.6. The number of rotatable bonds is 8. The van der Waals surface area contributed by atoms with Gasteiger partial charge in [-0.3, -0.25) is 14.7 Å². The Kier molecular flexibility index (Phi) is 7.72. The van der Waals surface area contributed by atoms with Crippen molar-refractivity contribution in [1.29, 1.82) is 0 Å². The standard InChI is InChI=1S/C26H34BrN3O3/c1-16-17(2)25(33-10-9-32-4)8-7-24(16)18(3)30-22-5-6-23(30)13-21(12-22)29-26(31)19-11-20(27)15-28-14-19/h7-8,11,14-15,18,21-23H,5-6,9-10,12-13H2,1-4H3,(H,29,31). The lowest BCUT2D eigenvalue weighted by atomic mass is 9.91. The number of nitrogens with zero attached hydrogens (tertiary/aromatic N) is 2. The lowest BCUT2D eigenvalue weighted by molar-refractivity contribution is 0.0689. The highest BCUT2D eigenvalue weighted by molar-refractivity contribution is 9.10. The Morgan fingerprint density at radius 1 is 1.18 bits per heavy atom. The summed E-state index contributed by atoms with van der Waals surface area (Å²) < 4.78 is 11.8. The monoisotopic (exact) mass is 515 g/mol. The van der Waals surface area contributed by atoms with Gasteiger partial charge in [0.2, 0.25) is 0 Å². The van der Waals surface area contributed by atoms with Gasteiger partial charge in [0.1, 0.15) is 12.4 Å². The Balaban J connectivity index is 1.43. The summed E-state index contributed by atoms with van der Waals surface area (Å²) in [6.07, 6.45) is 7.68. The van der Waals surface area contributed by atoms with Crippen molar-refractivity contribution in [3.8, 4) is 5.75 Å². The number of hydrogen-bond acceptors (Lipinski definition) is 5. The summed E-state index contributed by atoms with van der Waals surface area (Å²) in [4.78, 5) is 19.6. The number of benzene rings is 1. The van der Waals surface area contributed by atoms with Crippen molar-refractivity contribution in [2.45, 2.75) is 70.6 Å². The molecule has 0 aliphatic carbocycles. The maximum atomic E-state index is 12.7. The van der Waals surface area contributed by atoms with Crippen molar-refractivity contribution in [3.63, 3.8) is 0 Å². The van der Waals surface area contributed by atoms with Crippen molar-refractivity contribution in [2.75, 3.05) is 20.3 Å². The van der Waals surface area contributed by atoms with Crippen molar-refractivity contribution >= 4 is 21.8 Å². The Morgan fingerprint density at radius 3 is 2.58 bits per heavy atom. The van der Waals surface area contributed by atoms with Gasteiger partial charge < -0.3 is 14.8 Å². The largest absolute Gasteiger partial charge is 0.491 e. The third kappa shape index (κ3) is 5.26. The molecule has 3 atom stereocenters. The molecule has 1 N–H and O–H groups in total. The van der Waals surface area contributed by atoms with Gasteiger partial charge in [0, 0.05) is 48.1 Å². The molecule has 1 aromatic heterocycles. The normalized spacial score (nSPS) is 23.4. The fourth-order valence-electron chi connectivity index (χ4n) is 5.59. The van der Waals surface area contributed by atoms with Crippen LogP contribution in [0.2, 0.25) is 0 Å². The lowest BCUT2D eigenvalue weighted by Gasteiger charge is -2.43. The molecule has 2 aromatic rings. The van der Waals surface area contributed by atoms with Gasteiger partial charge in [0.15, 0.2) is 0 Å². The molecule has 3 heterocycles. The summed E-state index contributed by atoms with van der Waals surface area (Å²) in [5, 5.41) is 3.26. The number of halogens is 1. The van der Waals surface area contributed by atoms with Crippen LogP contribution in [0.25, 0.3) is 0 Å². The molecule has 2 fully saturated rings. The van der Waals surface area contributed by atoms with E-state index in [1.807, 2.05) is 6.07 Å². The van der Waals surface area contributed by atoms with Crippen molar-refractivity contribution in [3.05, 3.63) is 57.3 Å². The fraction of sp³-hybridized carbons (Fsp3) is 0.538. The number of nitrogens with one attached hydrogen (secondary N) is 1. The van der Waals surface area contributed by atoms with E-state index in [0.29, 0.717) is 36.9 Å². The molecule has 2 bridgehead atoms. The van der Waals surface area contributed by atoms with Crippen LogP contribution in [0.1, 0.15) is 65.7 Å². The third-order valence-electron chi connectivity index (χ3n) is 7.31. The summed E-state index contributed by atoms with van der Waals surface area (Å²) in [5.41, 5.74) is 4.47. The van der Waals surface area contributed by atoms with Crippen LogP contribution in [0.3, 0.4) is 0 Å². The molecule has 3 unspecified atom stereocenters. The Morgan fingerprint density at radius 2 is 1.91 bits per heavy atom. The molecule has 4 rings (SSSR count). The number of pyridine rings is 1. The second kappa shape index (κ2) is 10.5. The predicted octanol–water partition coefficient (Wildman–Crippen LogP) is 4.97. The van der Waals surface area contributed by atoms with Crippen LogP contribution in [-0.2, 0) is 4.74 Å². The average Bonchev–Trinajstić information content (AvgIpc) is 3.06. The van der Waals surface area contributed by atoms with Gasteiger partial charge in [-0.15, -0.1) is 0 Å². The van der Waals surface area contributed by atoms with Crippen LogP contribution in [0.4, 0.5) is 0 Å². The molecule has 1 amide bonds. The molecule has 2 saturated heterocycles. The van der Waals surface area contributed by atoms with Crippen LogP contribution in [0.5, 0.6) is 5.75 Å². The Hall–Kier alpha value is -1.96. The van der Waals surface area contributed by atoms with Crippen molar-refractivity contribution < 1.29 is 14.3 Å². The van der Waals surface area contributed by atoms with E-state index >= 15 is 0 Å². The van der Waals surface area contributed by atoms with E-state index in [9.17, 15) is 4.79 Å². The summed E-state index contributed by atoms with van der Waals surface area (Å²) in [6, 6.07) is 7.66. The molecule has 2 aliphatic heterocycles. The molecule has 0 radical (unpaired) electrons. The van der Waals surface area contributed by atoms with E-state index in [2.05, 4.69) is 64.0 Å². The van der Waals surface area contributed by atoms with Gasteiger partial charge in [0.25, 0.3) is 5.91 Å². The molecule has 33 heavy (non-hydrogen) atoms. The predicted molar refractivity (Wildman–Crippen MR) is 133 cm³/mol. The number of piperidine rings is 1. The van der Waals surface area contributed by atoms with Gasteiger partial charge in [0.05, 0.1) is 12.2 Å². The molecule has 0 saturated carbocycles. The van der Waals surface area contributed by atoms with Gasteiger partial charge in [-0.05, 0) is 91.2 Å². The van der Waals surface area contributed by atoms with Crippen LogP contribution >= 0.6 is 15.9 Å². The van der Waals surface area contributed by atoms with E-state index in [1.54, 1.807) is 19.5 Å². The molecule has 2 aliphatic rings. The molecular formula is C26H34BrN3O3. The zero-order chi connectivity index (χ0) is 23.5. The summed E-state index contributed by atoms with van der Waals surface area (Å²) in [5.74, 6) is 0.900. The van der Waals surface area contributed by atoms with Crippen molar-refractivity contribution in [1.82, 2.24) is 15.2 Å². The second-order valence-corrected chi connectivity index (χ2v) is 10.2.